The van der Waals surface area contributed by atoms with Gasteiger partial charge in [-0.05, 0) is 30.9 Å². The third-order valence-electron chi connectivity index (χ3n) is 3.19. The molecule has 1 aromatic rings. The summed E-state index contributed by atoms with van der Waals surface area (Å²) in [6, 6.07) is 3.38. The normalized spacial score (nSPS) is 10.4. The van der Waals surface area contributed by atoms with E-state index in [1.165, 1.54) is 14.2 Å². The van der Waals surface area contributed by atoms with Gasteiger partial charge in [0.15, 0.2) is 11.5 Å². The minimum absolute atomic E-state index is 0.170. The quantitative estimate of drug-likeness (QED) is 0.749. The standard InChI is InChI=1S/C16H25NO4/c1-11(2)7-6-10-17-16(18)12-8-9-13(19-3)15(21-5)14(12)20-4/h8-9,11H,6-7,10H2,1-5H3,(H,17,18). The van der Waals surface area contributed by atoms with E-state index in [9.17, 15) is 4.79 Å². The molecule has 1 amide bonds. The van der Waals surface area contributed by atoms with Gasteiger partial charge in [-0.15, -0.1) is 0 Å². The van der Waals surface area contributed by atoms with Crippen molar-refractivity contribution in [3.05, 3.63) is 17.7 Å². The van der Waals surface area contributed by atoms with Crippen molar-refractivity contribution in [1.29, 1.82) is 0 Å². The highest BCUT2D eigenvalue weighted by Crippen LogP contribution is 2.39. The van der Waals surface area contributed by atoms with Gasteiger partial charge >= 0.3 is 0 Å². The number of carbonyl (C=O) groups is 1. The summed E-state index contributed by atoms with van der Waals surface area (Å²) in [4.78, 5) is 12.2. The number of benzene rings is 1. The van der Waals surface area contributed by atoms with Gasteiger partial charge in [0.05, 0.1) is 26.9 Å². The molecular weight excluding hydrogens is 270 g/mol. The summed E-state index contributed by atoms with van der Waals surface area (Å²) < 4.78 is 15.8. The first-order valence-electron chi connectivity index (χ1n) is 7.12. The molecule has 0 aliphatic heterocycles. The van der Waals surface area contributed by atoms with Gasteiger partial charge in [0.2, 0.25) is 5.75 Å². The van der Waals surface area contributed by atoms with Crippen LogP contribution in [0.5, 0.6) is 17.2 Å². The van der Waals surface area contributed by atoms with Gasteiger partial charge < -0.3 is 19.5 Å². The number of hydrogen-bond donors (Lipinski definition) is 1. The second-order valence-electron chi connectivity index (χ2n) is 5.17. The van der Waals surface area contributed by atoms with Crippen LogP contribution in [0.3, 0.4) is 0 Å². The number of amides is 1. The van der Waals surface area contributed by atoms with Crippen LogP contribution in [0.15, 0.2) is 12.1 Å². The largest absolute Gasteiger partial charge is 0.493 e. The third-order valence-corrected chi connectivity index (χ3v) is 3.19. The van der Waals surface area contributed by atoms with Gasteiger partial charge in [-0.2, -0.15) is 0 Å². The highest BCUT2D eigenvalue weighted by atomic mass is 16.5. The first-order chi connectivity index (χ1) is 10.0. The second kappa shape index (κ2) is 8.39. The lowest BCUT2D eigenvalue weighted by molar-refractivity contribution is 0.0948. The molecule has 5 nitrogen and oxygen atoms in total. The maximum absolute atomic E-state index is 12.2. The number of ether oxygens (including phenoxy) is 3. The monoisotopic (exact) mass is 295 g/mol. The van der Waals surface area contributed by atoms with E-state index < -0.39 is 0 Å². The fourth-order valence-electron chi connectivity index (χ4n) is 2.09. The molecule has 1 rings (SSSR count). The van der Waals surface area contributed by atoms with Crippen molar-refractivity contribution >= 4 is 5.91 Å². The van der Waals surface area contributed by atoms with Crippen LogP contribution >= 0.6 is 0 Å². The molecule has 0 atom stereocenters. The summed E-state index contributed by atoms with van der Waals surface area (Å²) in [6.07, 6.45) is 2.04. The fourth-order valence-corrected chi connectivity index (χ4v) is 2.09. The van der Waals surface area contributed by atoms with E-state index in [0.717, 1.165) is 12.8 Å². The van der Waals surface area contributed by atoms with Gasteiger partial charge in [0.1, 0.15) is 0 Å². The molecule has 0 heterocycles. The van der Waals surface area contributed by atoms with Crippen molar-refractivity contribution in [3.63, 3.8) is 0 Å². The molecule has 0 aliphatic rings. The summed E-state index contributed by atoms with van der Waals surface area (Å²) in [5.41, 5.74) is 0.444. The van der Waals surface area contributed by atoms with E-state index in [1.807, 2.05) is 0 Å². The Morgan fingerprint density at radius 2 is 1.76 bits per heavy atom. The average molecular weight is 295 g/mol. The van der Waals surface area contributed by atoms with E-state index in [2.05, 4.69) is 19.2 Å². The molecule has 0 aliphatic carbocycles. The first kappa shape index (κ1) is 17.1. The van der Waals surface area contributed by atoms with Crippen molar-refractivity contribution in [2.45, 2.75) is 26.7 Å². The second-order valence-corrected chi connectivity index (χ2v) is 5.17. The first-order valence-corrected chi connectivity index (χ1v) is 7.12. The van der Waals surface area contributed by atoms with Gasteiger partial charge in [-0.1, -0.05) is 13.8 Å². The summed E-state index contributed by atoms with van der Waals surface area (Å²) >= 11 is 0. The van der Waals surface area contributed by atoms with Crippen molar-refractivity contribution < 1.29 is 19.0 Å². The molecule has 0 bridgehead atoms. The van der Waals surface area contributed by atoms with Gasteiger partial charge in [-0.25, -0.2) is 0 Å². The Labute approximate surface area is 126 Å². The molecule has 1 N–H and O–H groups in total. The Morgan fingerprint density at radius 1 is 1.10 bits per heavy atom. The van der Waals surface area contributed by atoms with E-state index in [-0.39, 0.29) is 5.91 Å². The van der Waals surface area contributed by atoms with Gasteiger partial charge in [-0.3, -0.25) is 4.79 Å². The Kier molecular flexibility index (Phi) is 6.85. The van der Waals surface area contributed by atoms with E-state index in [4.69, 9.17) is 14.2 Å². The lowest BCUT2D eigenvalue weighted by Crippen LogP contribution is -2.25. The molecule has 0 saturated carbocycles. The number of nitrogens with one attached hydrogen (secondary N) is 1. The molecular formula is C16H25NO4. The Morgan fingerprint density at radius 3 is 2.29 bits per heavy atom. The van der Waals surface area contributed by atoms with E-state index in [0.29, 0.717) is 35.3 Å². The molecule has 118 valence electrons. The highest BCUT2D eigenvalue weighted by molar-refractivity contribution is 5.98. The van der Waals surface area contributed by atoms with Crippen molar-refractivity contribution in [3.8, 4) is 17.2 Å². The molecule has 21 heavy (non-hydrogen) atoms. The van der Waals surface area contributed by atoms with Crippen LogP contribution in [0.2, 0.25) is 0 Å². The van der Waals surface area contributed by atoms with Crippen LogP contribution in [0.4, 0.5) is 0 Å². The molecule has 0 aromatic heterocycles. The molecule has 5 heteroatoms. The van der Waals surface area contributed by atoms with Crippen LogP contribution in [-0.2, 0) is 0 Å². The Bertz CT molecular complexity index is 472. The highest BCUT2D eigenvalue weighted by Gasteiger charge is 2.20. The van der Waals surface area contributed by atoms with Crippen LogP contribution in [0.25, 0.3) is 0 Å². The van der Waals surface area contributed by atoms with Crippen LogP contribution in [0, 0.1) is 5.92 Å². The molecule has 0 fully saturated rings. The van der Waals surface area contributed by atoms with Gasteiger partial charge in [0.25, 0.3) is 5.91 Å². The number of carbonyl (C=O) groups excluding carboxylic acids is 1. The van der Waals surface area contributed by atoms with Crippen molar-refractivity contribution in [1.82, 2.24) is 5.32 Å². The lowest BCUT2D eigenvalue weighted by Gasteiger charge is -2.15. The Balaban J connectivity index is 2.84. The van der Waals surface area contributed by atoms with E-state index in [1.54, 1.807) is 19.2 Å². The molecule has 0 saturated heterocycles. The number of methoxy groups -OCH3 is 3. The number of rotatable bonds is 8. The maximum Gasteiger partial charge on any atom is 0.255 e. The lowest BCUT2D eigenvalue weighted by atomic mass is 10.1. The summed E-state index contributed by atoms with van der Waals surface area (Å²) in [7, 11) is 4.57. The van der Waals surface area contributed by atoms with Crippen molar-refractivity contribution in [2.24, 2.45) is 5.92 Å². The third kappa shape index (κ3) is 4.55. The minimum atomic E-state index is -0.170. The maximum atomic E-state index is 12.2. The Hall–Kier alpha value is -1.91. The zero-order valence-electron chi connectivity index (χ0n) is 13.5. The molecule has 1 aromatic carbocycles. The van der Waals surface area contributed by atoms with E-state index >= 15 is 0 Å². The molecule has 0 spiro atoms. The minimum Gasteiger partial charge on any atom is -0.493 e. The SMILES string of the molecule is COc1ccc(C(=O)NCCCC(C)C)c(OC)c1OC. The summed E-state index contributed by atoms with van der Waals surface area (Å²) in [6.45, 7) is 4.98. The molecule has 0 unspecified atom stereocenters. The van der Waals surface area contributed by atoms with Crippen LogP contribution < -0.4 is 19.5 Å². The average Bonchev–Trinajstić information content (AvgIpc) is 2.49. The zero-order valence-corrected chi connectivity index (χ0v) is 13.5. The predicted molar refractivity (Wildman–Crippen MR) is 82.5 cm³/mol. The summed E-state index contributed by atoms with van der Waals surface area (Å²) in [5, 5.41) is 2.90. The van der Waals surface area contributed by atoms with Crippen molar-refractivity contribution in [2.75, 3.05) is 27.9 Å². The van der Waals surface area contributed by atoms with Gasteiger partial charge in [0, 0.05) is 6.54 Å². The smallest absolute Gasteiger partial charge is 0.255 e. The predicted octanol–water partition coefficient (Wildman–Crippen LogP) is 2.88. The fraction of sp³-hybridized carbons (Fsp3) is 0.562. The zero-order chi connectivity index (χ0) is 15.8. The molecule has 0 radical (unpaired) electrons. The summed E-state index contributed by atoms with van der Waals surface area (Å²) in [5.74, 6) is 1.81. The van der Waals surface area contributed by atoms with Crippen LogP contribution in [0.1, 0.15) is 37.0 Å². The number of hydrogen-bond acceptors (Lipinski definition) is 4. The topological polar surface area (TPSA) is 56.8 Å². The van der Waals surface area contributed by atoms with Crippen LogP contribution in [-0.4, -0.2) is 33.8 Å².